The molecule has 8 heteroatoms. The van der Waals surface area contributed by atoms with Gasteiger partial charge in [0.25, 0.3) is 0 Å². The Labute approximate surface area is 210 Å². The van der Waals surface area contributed by atoms with Crippen LogP contribution in [0.3, 0.4) is 0 Å². The summed E-state index contributed by atoms with van der Waals surface area (Å²) in [6, 6.07) is 17.6. The topological polar surface area (TPSA) is 78.3 Å². The molecule has 184 valence electrons. The molecule has 0 fully saturated rings. The number of thioether (sulfide) groups is 1. The summed E-state index contributed by atoms with van der Waals surface area (Å²) < 4.78 is 12.8. The number of allylic oxidation sites excluding steroid dienone is 1. The molecule has 0 spiro atoms. The molecule has 1 aromatic heterocycles. The van der Waals surface area contributed by atoms with E-state index in [9.17, 15) is 4.79 Å². The molecule has 0 amide bonds. The van der Waals surface area contributed by atoms with Crippen molar-refractivity contribution < 1.29 is 14.3 Å². The fraction of sp³-hybridized carbons (Fsp3) is 0.370. The maximum atomic E-state index is 12.8. The van der Waals surface area contributed by atoms with E-state index in [0.717, 1.165) is 23.5 Å². The zero-order valence-electron chi connectivity index (χ0n) is 20.5. The van der Waals surface area contributed by atoms with Crippen LogP contribution < -0.4 is 10.1 Å². The summed E-state index contributed by atoms with van der Waals surface area (Å²) in [4.78, 5) is 17.5. The molecule has 35 heavy (non-hydrogen) atoms. The van der Waals surface area contributed by atoms with Crippen LogP contribution in [0.2, 0.25) is 0 Å². The first-order valence-electron chi connectivity index (χ1n) is 12.0. The number of rotatable bonds is 11. The van der Waals surface area contributed by atoms with Crippen molar-refractivity contribution in [1.82, 2.24) is 14.8 Å². The summed E-state index contributed by atoms with van der Waals surface area (Å²) in [6.07, 6.45) is 4.66. The van der Waals surface area contributed by atoms with Crippen molar-refractivity contribution >= 4 is 23.7 Å². The van der Waals surface area contributed by atoms with Gasteiger partial charge < -0.3 is 14.8 Å². The molecule has 1 unspecified atom stereocenters. The van der Waals surface area contributed by atoms with Crippen LogP contribution in [0, 0.1) is 0 Å². The largest absolute Gasteiger partial charge is 0.494 e. The summed E-state index contributed by atoms with van der Waals surface area (Å²) in [7, 11) is 1.40. The van der Waals surface area contributed by atoms with Crippen LogP contribution in [0.4, 0.5) is 5.95 Å². The predicted octanol–water partition coefficient (Wildman–Crippen LogP) is 5.99. The van der Waals surface area contributed by atoms with Crippen molar-refractivity contribution in [2.75, 3.05) is 19.0 Å². The monoisotopic (exact) mass is 492 g/mol. The summed E-state index contributed by atoms with van der Waals surface area (Å²) in [5.74, 6) is 1.79. The first kappa shape index (κ1) is 24.9. The van der Waals surface area contributed by atoms with Crippen molar-refractivity contribution in [2.24, 2.45) is 0 Å². The van der Waals surface area contributed by atoms with Crippen molar-refractivity contribution in [3.8, 4) is 5.75 Å². The van der Waals surface area contributed by atoms with E-state index >= 15 is 0 Å². The lowest BCUT2D eigenvalue weighted by Gasteiger charge is -2.27. The van der Waals surface area contributed by atoms with E-state index in [2.05, 4.69) is 29.4 Å². The Morgan fingerprint density at radius 2 is 1.86 bits per heavy atom. The smallest absolute Gasteiger partial charge is 0.338 e. The third-order valence-electron chi connectivity index (χ3n) is 5.91. The quantitative estimate of drug-likeness (QED) is 0.200. The van der Waals surface area contributed by atoms with Gasteiger partial charge in [-0.3, -0.25) is 0 Å². The Bertz CT molecular complexity index is 1160. The summed E-state index contributed by atoms with van der Waals surface area (Å²) in [5, 5.41) is 8.63. The fourth-order valence-electron chi connectivity index (χ4n) is 4.06. The molecule has 3 aromatic rings. The Kier molecular flexibility index (Phi) is 8.47. The molecule has 0 radical (unpaired) electrons. The van der Waals surface area contributed by atoms with Gasteiger partial charge in [-0.05, 0) is 36.6 Å². The highest BCUT2D eigenvalue weighted by Gasteiger charge is 2.35. The van der Waals surface area contributed by atoms with Gasteiger partial charge in [-0.25, -0.2) is 9.48 Å². The SMILES string of the molecule is CCCCCCOc1ccc(C2C(C(=O)OC)=C(C)Nc3nc(SCc4ccccc4)nn32)cc1. The number of methoxy groups -OCH3 is 1. The van der Waals surface area contributed by atoms with Crippen molar-refractivity contribution in [2.45, 2.75) is 56.5 Å². The van der Waals surface area contributed by atoms with Crippen molar-refractivity contribution in [3.05, 3.63) is 77.0 Å². The second kappa shape index (κ2) is 11.9. The van der Waals surface area contributed by atoms with Gasteiger partial charge in [0.1, 0.15) is 11.8 Å². The van der Waals surface area contributed by atoms with Gasteiger partial charge in [-0.1, -0.05) is 80.4 Å². The second-order valence-corrected chi connectivity index (χ2v) is 9.42. The predicted molar refractivity (Wildman–Crippen MR) is 139 cm³/mol. The second-order valence-electron chi connectivity index (χ2n) is 8.47. The number of hydrogen-bond acceptors (Lipinski definition) is 7. The molecule has 4 rings (SSSR count). The maximum absolute atomic E-state index is 12.8. The first-order chi connectivity index (χ1) is 17.1. The number of fused-ring (bicyclic) bond motifs is 1. The minimum atomic E-state index is -0.448. The van der Waals surface area contributed by atoms with E-state index in [1.165, 1.54) is 31.9 Å². The maximum Gasteiger partial charge on any atom is 0.338 e. The van der Waals surface area contributed by atoms with Crippen LogP contribution in [-0.2, 0) is 15.3 Å². The van der Waals surface area contributed by atoms with Crippen molar-refractivity contribution in [3.63, 3.8) is 0 Å². The van der Waals surface area contributed by atoms with E-state index in [1.807, 2.05) is 49.4 Å². The van der Waals surface area contributed by atoms with Crippen LogP contribution in [0.15, 0.2) is 71.0 Å². The molecule has 1 aliphatic heterocycles. The third kappa shape index (κ3) is 6.06. The van der Waals surface area contributed by atoms with Gasteiger partial charge in [0.2, 0.25) is 11.1 Å². The number of unbranched alkanes of at least 4 members (excludes halogenated alkanes) is 3. The van der Waals surface area contributed by atoms with Gasteiger partial charge in [-0.15, -0.1) is 5.10 Å². The highest BCUT2D eigenvalue weighted by Crippen LogP contribution is 2.37. The lowest BCUT2D eigenvalue weighted by molar-refractivity contribution is -0.136. The number of hydrogen-bond donors (Lipinski definition) is 1. The Morgan fingerprint density at radius 1 is 1.09 bits per heavy atom. The molecule has 7 nitrogen and oxygen atoms in total. The third-order valence-corrected chi connectivity index (χ3v) is 6.82. The highest BCUT2D eigenvalue weighted by molar-refractivity contribution is 7.98. The van der Waals surface area contributed by atoms with Crippen molar-refractivity contribution in [1.29, 1.82) is 0 Å². The zero-order valence-corrected chi connectivity index (χ0v) is 21.3. The van der Waals surface area contributed by atoms with Crippen LogP contribution in [0.1, 0.15) is 56.7 Å². The molecule has 1 atom stereocenters. The zero-order chi connectivity index (χ0) is 24.6. The average Bonchev–Trinajstić information content (AvgIpc) is 3.29. The normalized spacial score (nSPS) is 14.9. The molecule has 0 saturated carbocycles. The number of ether oxygens (including phenoxy) is 2. The molecular weight excluding hydrogens is 460 g/mol. The number of esters is 1. The Hall–Kier alpha value is -3.26. The van der Waals surface area contributed by atoms with E-state index in [1.54, 1.807) is 16.4 Å². The molecule has 1 N–H and O–H groups in total. The number of nitrogens with one attached hydrogen (secondary N) is 1. The number of carbonyl (C=O) groups is 1. The number of nitrogens with zero attached hydrogens (tertiary/aromatic N) is 3. The minimum absolute atomic E-state index is 0.393. The summed E-state index contributed by atoms with van der Waals surface area (Å²) in [5.41, 5.74) is 3.33. The molecule has 0 bridgehead atoms. The van der Waals surface area contributed by atoms with E-state index in [0.29, 0.717) is 29.0 Å². The van der Waals surface area contributed by atoms with E-state index in [-0.39, 0.29) is 0 Å². The average molecular weight is 493 g/mol. The number of carbonyl (C=O) groups excluding carboxylic acids is 1. The number of aromatic nitrogens is 3. The molecule has 0 saturated heterocycles. The van der Waals surface area contributed by atoms with E-state index in [4.69, 9.17) is 14.6 Å². The molecule has 2 heterocycles. The molecule has 0 aliphatic carbocycles. The Balaban J connectivity index is 1.56. The molecular formula is C27H32N4O3S. The summed E-state index contributed by atoms with van der Waals surface area (Å²) in [6.45, 7) is 4.76. The summed E-state index contributed by atoms with van der Waals surface area (Å²) >= 11 is 1.56. The number of anilines is 1. The van der Waals surface area contributed by atoms with Gasteiger partial charge >= 0.3 is 5.97 Å². The standard InChI is InChI=1S/C27H32N4O3S/c1-4-5-6-10-17-34-22-15-13-21(14-16-22)24-23(25(32)33-3)19(2)28-26-29-27(30-31(24)26)35-18-20-11-8-7-9-12-20/h7-9,11-16,24H,4-6,10,17-18H2,1-3H3,(H,28,29,30). The minimum Gasteiger partial charge on any atom is -0.494 e. The van der Waals surface area contributed by atoms with Gasteiger partial charge in [0, 0.05) is 11.4 Å². The molecule has 1 aliphatic rings. The first-order valence-corrected chi connectivity index (χ1v) is 13.0. The number of benzene rings is 2. The van der Waals surface area contributed by atoms with Crippen LogP contribution in [0.5, 0.6) is 5.75 Å². The highest BCUT2D eigenvalue weighted by atomic mass is 32.2. The van der Waals surface area contributed by atoms with Crippen LogP contribution >= 0.6 is 11.8 Å². The van der Waals surface area contributed by atoms with Crippen LogP contribution in [-0.4, -0.2) is 34.5 Å². The van der Waals surface area contributed by atoms with Gasteiger partial charge in [0.05, 0.1) is 19.3 Å². The lowest BCUT2D eigenvalue weighted by Crippen LogP contribution is -2.29. The van der Waals surface area contributed by atoms with Gasteiger partial charge in [-0.2, -0.15) is 4.98 Å². The van der Waals surface area contributed by atoms with Crippen LogP contribution in [0.25, 0.3) is 0 Å². The van der Waals surface area contributed by atoms with E-state index < -0.39 is 12.0 Å². The lowest BCUT2D eigenvalue weighted by atomic mass is 9.96. The Morgan fingerprint density at radius 3 is 2.57 bits per heavy atom. The fourth-order valence-corrected chi connectivity index (χ4v) is 4.85. The van der Waals surface area contributed by atoms with Gasteiger partial charge in [0.15, 0.2) is 0 Å². The molecule has 2 aromatic carbocycles.